The van der Waals surface area contributed by atoms with Crippen molar-refractivity contribution in [3.8, 4) is 11.5 Å². The zero-order valence-corrected chi connectivity index (χ0v) is 17.6. The van der Waals surface area contributed by atoms with E-state index in [2.05, 4.69) is 11.9 Å². The molecule has 7 nitrogen and oxygen atoms in total. The third-order valence-electron chi connectivity index (χ3n) is 4.56. The summed E-state index contributed by atoms with van der Waals surface area (Å²) in [5.74, 6) is 0.751. The average molecular weight is 423 g/mol. The van der Waals surface area contributed by atoms with Gasteiger partial charge in [-0.15, -0.1) is 0 Å². The van der Waals surface area contributed by atoms with Crippen LogP contribution >= 0.6 is 0 Å². The summed E-state index contributed by atoms with van der Waals surface area (Å²) in [4.78, 5) is 23.7. The Morgan fingerprint density at radius 2 is 1.42 bits per heavy atom. The Morgan fingerprint density at radius 3 is 1.94 bits per heavy atom. The van der Waals surface area contributed by atoms with E-state index in [4.69, 9.17) is 18.9 Å². The number of methoxy groups -OCH3 is 1. The van der Waals surface area contributed by atoms with Crippen molar-refractivity contribution >= 4 is 33.6 Å². The number of esters is 1. The quantitative estimate of drug-likeness (QED) is 0.240. The molecular formula is C24H25NO6. The van der Waals surface area contributed by atoms with Gasteiger partial charge in [-0.25, -0.2) is 9.59 Å². The van der Waals surface area contributed by atoms with Crippen molar-refractivity contribution in [3.63, 3.8) is 0 Å². The molecule has 0 saturated heterocycles. The van der Waals surface area contributed by atoms with Crippen LogP contribution in [0.2, 0.25) is 0 Å². The second-order valence-corrected chi connectivity index (χ2v) is 6.80. The molecule has 0 heterocycles. The van der Waals surface area contributed by atoms with Crippen molar-refractivity contribution in [2.45, 2.75) is 6.92 Å². The van der Waals surface area contributed by atoms with E-state index in [1.807, 2.05) is 48.5 Å². The first kappa shape index (κ1) is 22.1. The van der Waals surface area contributed by atoms with Gasteiger partial charge in [0.15, 0.2) is 0 Å². The monoisotopic (exact) mass is 423 g/mol. The van der Waals surface area contributed by atoms with Gasteiger partial charge < -0.3 is 24.3 Å². The Morgan fingerprint density at radius 1 is 0.871 bits per heavy atom. The number of hydrogen-bond acceptors (Lipinski definition) is 6. The lowest BCUT2D eigenvalue weighted by Crippen LogP contribution is -2.30. The molecule has 0 bridgehead atoms. The minimum absolute atomic E-state index is 0.125. The molecule has 1 N–H and O–H groups in total. The SMILES string of the molecule is C=C(C)C(=O)OCCOCCNC(=O)Oc1c2ccccc2c(OC)c2ccccc12. The van der Waals surface area contributed by atoms with E-state index in [0.717, 1.165) is 27.3 Å². The zero-order chi connectivity index (χ0) is 22.2. The first-order valence-electron chi connectivity index (χ1n) is 9.86. The van der Waals surface area contributed by atoms with Crippen LogP contribution in [0, 0.1) is 0 Å². The van der Waals surface area contributed by atoms with Crippen LogP contribution in [-0.4, -0.2) is 45.5 Å². The maximum atomic E-state index is 12.4. The minimum Gasteiger partial charge on any atom is -0.495 e. The topological polar surface area (TPSA) is 83.1 Å². The van der Waals surface area contributed by atoms with Crippen LogP contribution in [0.1, 0.15) is 6.92 Å². The van der Waals surface area contributed by atoms with Crippen LogP contribution in [0.3, 0.4) is 0 Å². The lowest BCUT2D eigenvalue weighted by atomic mass is 10.0. The lowest BCUT2D eigenvalue weighted by molar-refractivity contribution is -0.140. The average Bonchev–Trinajstić information content (AvgIpc) is 2.78. The standard InChI is InChI=1S/C24H25NO6/c1-16(2)23(26)30-15-14-29-13-12-25-24(27)31-22-19-10-6-4-8-17(19)21(28-3)18-9-5-7-11-20(18)22/h4-11H,1,12-15H2,2-3H3,(H,25,27). The van der Waals surface area contributed by atoms with Crippen LogP contribution < -0.4 is 14.8 Å². The molecule has 3 aromatic carbocycles. The van der Waals surface area contributed by atoms with Gasteiger partial charge in [0.2, 0.25) is 0 Å². The Balaban J connectivity index is 1.62. The molecule has 0 aromatic heterocycles. The molecule has 31 heavy (non-hydrogen) atoms. The molecule has 0 spiro atoms. The van der Waals surface area contributed by atoms with Gasteiger partial charge in [0.1, 0.15) is 18.1 Å². The molecule has 0 fully saturated rings. The van der Waals surface area contributed by atoms with Gasteiger partial charge in [-0.3, -0.25) is 0 Å². The summed E-state index contributed by atoms with van der Waals surface area (Å²) in [5.41, 5.74) is 0.336. The van der Waals surface area contributed by atoms with E-state index in [-0.39, 0.29) is 26.4 Å². The predicted molar refractivity (Wildman–Crippen MR) is 119 cm³/mol. The van der Waals surface area contributed by atoms with E-state index in [1.54, 1.807) is 14.0 Å². The Bertz CT molecular complexity index is 1050. The highest BCUT2D eigenvalue weighted by Crippen LogP contribution is 2.42. The van der Waals surface area contributed by atoms with Crippen molar-refractivity contribution in [2.75, 3.05) is 33.5 Å². The largest absolute Gasteiger partial charge is 0.495 e. The summed E-state index contributed by atoms with van der Waals surface area (Å²) in [6.07, 6.45) is -0.585. The fourth-order valence-electron chi connectivity index (χ4n) is 3.15. The zero-order valence-electron chi connectivity index (χ0n) is 17.6. The molecule has 0 aliphatic rings. The lowest BCUT2D eigenvalue weighted by Gasteiger charge is -2.16. The highest BCUT2D eigenvalue weighted by molar-refractivity contribution is 6.11. The van der Waals surface area contributed by atoms with Crippen molar-refractivity contribution in [1.82, 2.24) is 5.32 Å². The summed E-state index contributed by atoms with van der Waals surface area (Å²) >= 11 is 0. The first-order valence-corrected chi connectivity index (χ1v) is 9.86. The number of rotatable bonds is 9. The number of benzene rings is 3. The summed E-state index contributed by atoms with van der Waals surface area (Å²) < 4.78 is 21.6. The van der Waals surface area contributed by atoms with Crippen LogP contribution in [0.5, 0.6) is 11.5 Å². The predicted octanol–water partition coefficient (Wildman–Crippen LogP) is 4.23. The summed E-state index contributed by atoms with van der Waals surface area (Å²) in [6.45, 7) is 5.93. The molecule has 0 atom stereocenters. The van der Waals surface area contributed by atoms with Crippen molar-refractivity contribution in [2.24, 2.45) is 0 Å². The van der Waals surface area contributed by atoms with Gasteiger partial charge in [0, 0.05) is 33.7 Å². The number of hydrogen-bond donors (Lipinski definition) is 1. The maximum Gasteiger partial charge on any atom is 0.412 e. The van der Waals surface area contributed by atoms with E-state index < -0.39 is 12.1 Å². The smallest absolute Gasteiger partial charge is 0.412 e. The molecule has 0 radical (unpaired) electrons. The minimum atomic E-state index is -0.585. The van der Waals surface area contributed by atoms with Crippen LogP contribution in [0.15, 0.2) is 60.7 Å². The van der Waals surface area contributed by atoms with E-state index >= 15 is 0 Å². The van der Waals surface area contributed by atoms with Gasteiger partial charge in [0.25, 0.3) is 0 Å². The van der Waals surface area contributed by atoms with Gasteiger partial charge in [-0.1, -0.05) is 55.1 Å². The van der Waals surface area contributed by atoms with Gasteiger partial charge in [-0.05, 0) is 6.92 Å². The highest BCUT2D eigenvalue weighted by Gasteiger charge is 2.17. The Hall–Kier alpha value is -3.58. The molecule has 0 unspecified atom stereocenters. The Kier molecular flexibility index (Phi) is 7.45. The normalized spacial score (nSPS) is 10.6. The Labute approximate surface area is 180 Å². The molecule has 0 aliphatic carbocycles. The molecule has 162 valence electrons. The number of ether oxygens (including phenoxy) is 4. The second kappa shape index (κ2) is 10.4. The van der Waals surface area contributed by atoms with Crippen LogP contribution in [0.25, 0.3) is 21.5 Å². The van der Waals surface area contributed by atoms with Crippen molar-refractivity contribution in [3.05, 3.63) is 60.7 Å². The molecular weight excluding hydrogens is 398 g/mol. The summed E-state index contributed by atoms with van der Waals surface area (Å²) in [5, 5.41) is 5.95. The number of fused-ring (bicyclic) bond motifs is 2. The van der Waals surface area contributed by atoms with E-state index in [1.165, 1.54) is 0 Å². The highest BCUT2D eigenvalue weighted by atomic mass is 16.6. The van der Waals surface area contributed by atoms with Crippen LogP contribution in [-0.2, 0) is 14.3 Å². The fourth-order valence-corrected chi connectivity index (χ4v) is 3.15. The third kappa shape index (κ3) is 5.32. The van der Waals surface area contributed by atoms with Gasteiger partial charge in [-0.2, -0.15) is 0 Å². The van der Waals surface area contributed by atoms with Crippen molar-refractivity contribution in [1.29, 1.82) is 0 Å². The maximum absolute atomic E-state index is 12.4. The van der Waals surface area contributed by atoms with E-state index in [9.17, 15) is 9.59 Å². The first-order chi connectivity index (χ1) is 15.0. The fraction of sp³-hybridized carbons (Fsp3) is 0.250. The molecule has 0 aliphatic heterocycles. The summed E-state index contributed by atoms with van der Waals surface area (Å²) in [7, 11) is 1.63. The molecule has 1 amide bonds. The third-order valence-corrected chi connectivity index (χ3v) is 4.56. The molecule has 3 rings (SSSR count). The number of nitrogens with one attached hydrogen (secondary N) is 1. The van der Waals surface area contributed by atoms with Crippen LogP contribution in [0.4, 0.5) is 4.79 Å². The van der Waals surface area contributed by atoms with Gasteiger partial charge in [0.05, 0.1) is 20.3 Å². The number of carbonyl (C=O) groups excluding carboxylic acids is 2. The molecule has 3 aromatic rings. The molecule has 7 heteroatoms. The number of carbonyl (C=O) groups is 2. The second-order valence-electron chi connectivity index (χ2n) is 6.80. The number of amides is 1. The molecule has 0 saturated carbocycles. The summed E-state index contributed by atoms with van der Waals surface area (Å²) in [6, 6.07) is 15.2. The van der Waals surface area contributed by atoms with E-state index in [0.29, 0.717) is 11.3 Å². The van der Waals surface area contributed by atoms with Gasteiger partial charge >= 0.3 is 12.1 Å². The van der Waals surface area contributed by atoms with Crippen molar-refractivity contribution < 1.29 is 28.5 Å².